The maximum absolute atomic E-state index is 5.59. The summed E-state index contributed by atoms with van der Waals surface area (Å²) in [6, 6.07) is 5.68. The summed E-state index contributed by atoms with van der Waals surface area (Å²) in [5.41, 5.74) is 0.874. The predicted octanol–water partition coefficient (Wildman–Crippen LogP) is 2.13. The second kappa shape index (κ2) is 12.4. The standard InChI is InChI=1S/C17H29N3O4/c1-5-18-17(19-9-10-23-12-11-21-3)20-14-7-8-15(22-4)16(13-14)24-6-2/h7-8,13H,5-6,9-12H2,1-4H3,(H2,18,19,20). The molecule has 7 nitrogen and oxygen atoms in total. The van der Waals surface area contributed by atoms with Crippen molar-refractivity contribution in [2.24, 2.45) is 4.99 Å². The molecule has 0 atom stereocenters. The van der Waals surface area contributed by atoms with Crippen LogP contribution in [0.1, 0.15) is 13.8 Å². The normalized spacial score (nSPS) is 11.2. The molecule has 7 heteroatoms. The molecule has 0 aliphatic heterocycles. The molecule has 0 fully saturated rings. The van der Waals surface area contributed by atoms with Crippen molar-refractivity contribution in [3.05, 3.63) is 18.2 Å². The van der Waals surface area contributed by atoms with Crippen molar-refractivity contribution in [3.63, 3.8) is 0 Å². The number of nitrogens with one attached hydrogen (secondary N) is 2. The molecule has 0 aliphatic carbocycles. The van der Waals surface area contributed by atoms with Crippen LogP contribution in [0.15, 0.2) is 23.2 Å². The molecule has 0 saturated carbocycles. The van der Waals surface area contributed by atoms with Gasteiger partial charge >= 0.3 is 0 Å². The third-order valence-corrected chi connectivity index (χ3v) is 3.01. The van der Waals surface area contributed by atoms with Gasteiger partial charge in [-0.1, -0.05) is 0 Å². The first-order valence-electron chi connectivity index (χ1n) is 8.18. The summed E-state index contributed by atoms with van der Waals surface area (Å²) in [7, 11) is 3.28. The number of nitrogens with zero attached hydrogens (tertiary/aromatic N) is 1. The molecular formula is C17H29N3O4. The number of ether oxygens (including phenoxy) is 4. The van der Waals surface area contributed by atoms with Gasteiger partial charge < -0.3 is 29.6 Å². The highest BCUT2D eigenvalue weighted by Crippen LogP contribution is 2.30. The number of rotatable bonds is 11. The maximum atomic E-state index is 5.59. The van der Waals surface area contributed by atoms with Gasteiger partial charge in [0.15, 0.2) is 17.5 Å². The van der Waals surface area contributed by atoms with E-state index in [0.717, 1.165) is 12.2 Å². The summed E-state index contributed by atoms with van der Waals surface area (Å²) >= 11 is 0. The largest absolute Gasteiger partial charge is 0.493 e. The van der Waals surface area contributed by atoms with Crippen LogP contribution in [0.2, 0.25) is 0 Å². The van der Waals surface area contributed by atoms with Gasteiger partial charge in [-0.15, -0.1) is 0 Å². The Kier molecular flexibility index (Phi) is 10.4. The molecule has 0 spiro atoms. The Bertz CT molecular complexity index is 495. The van der Waals surface area contributed by atoms with Crippen LogP contribution in [0.4, 0.5) is 5.69 Å². The molecule has 24 heavy (non-hydrogen) atoms. The van der Waals surface area contributed by atoms with Crippen LogP contribution in [-0.2, 0) is 9.47 Å². The monoisotopic (exact) mass is 339 g/mol. The molecule has 2 N–H and O–H groups in total. The fraction of sp³-hybridized carbons (Fsp3) is 0.588. The van der Waals surface area contributed by atoms with Crippen LogP contribution in [0.5, 0.6) is 11.5 Å². The molecule has 0 bridgehead atoms. The van der Waals surface area contributed by atoms with Crippen LogP contribution in [0.25, 0.3) is 0 Å². The summed E-state index contributed by atoms with van der Waals surface area (Å²) in [6.07, 6.45) is 0. The first kappa shape index (κ1) is 20.1. The third-order valence-electron chi connectivity index (χ3n) is 3.01. The van der Waals surface area contributed by atoms with E-state index in [0.29, 0.717) is 50.4 Å². The fourth-order valence-corrected chi connectivity index (χ4v) is 1.93. The number of hydrogen-bond acceptors (Lipinski definition) is 5. The number of benzene rings is 1. The molecule has 0 unspecified atom stereocenters. The SMILES string of the molecule is CCNC(=NCCOCCOC)Nc1ccc(OC)c(OCC)c1. The van der Waals surface area contributed by atoms with Gasteiger partial charge in [0.25, 0.3) is 0 Å². The molecular weight excluding hydrogens is 310 g/mol. The predicted molar refractivity (Wildman–Crippen MR) is 96.5 cm³/mol. The zero-order valence-corrected chi connectivity index (χ0v) is 15.1. The number of anilines is 1. The Morgan fingerprint density at radius 3 is 2.58 bits per heavy atom. The highest BCUT2D eigenvalue weighted by atomic mass is 16.5. The molecule has 0 aliphatic rings. The molecule has 0 aromatic heterocycles. The van der Waals surface area contributed by atoms with E-state index in [1.54, 1.807) is 14.2 Å². The Hall–Kier alpha value is -1.99. The van der Waals surface area contributed by atoms with Gasteiger partial charge in [-0.3, -0.25) is 4.99 Å². The lowest BCUT2D eigenvalue weighted by molar-refractivity contribution is 0.0748. The van der Waals surface area contributed by atoms with E-state index >= 15 is 0 Å². The van der Waals surface area contributed by atoms with E-state index in [2.05, 4.69) is 15.6 Å². The number of aliphatic imine (C=N–C) groups is 1. The average Bonchev–Trinajstić information content (AvgIpc) is 2.58. The van der Waals surface area contributed by atoms with Crippen LogP contribution in [-0.4, -0.2) is 59.7 Å². The summed E-state index contributed by atoms with van der Waals surface area (Å²) in [4.78, 5) is 4.48. The van der Waals surface area contributed by atoms with Gasteiger partial charge in [0, 0.05) is 25.4 Å². The zero-order chi connectivity index (χ0) is 17.6. The minimum Gasteiger partial charge on any atom is -0.493 e. The summed E-state index contributed by atoms with van der Waals surface area (Å²) in [5.74, 6) is 2.10. The van der Waals surface area contributed by atoms with E-state index in [4.69, 9.17) is 18.9 Å². The lowest BCUT2D eigenvalue weighted by atomic mass is 10.2. The van der Waals surface area contributed by atoms with Crippen molar-refractivity contribution < 1.29 is 18.9 Å². The molecule has 0 amide bonds. The Morgan fingerprint density at radius 2 is 1.92 bits per heavy atom. The van der Waals surface area contributed by atoms with E-state index < -0.39 is 0 Å². The molecule has 1 aromatic carbocycles. The van der Waals surface area contributed by atoms with Crippen molar-refractivity contribution in [1.29, 1.82) is 0 Å². The van der Waals surface area contributed by atoms with Crippen LogP contribution < -0.4 is 20.1 Å². The minimum atomic E-state index is 0.548. The Labute approximate surface area is 144 Å². The zero-order valence-electron chi connectivity index (χ0n) is 15.1. The van der Waals surface area contributed by atoms with Crippen LogP contribution in [0, 0.1) is 0 Å². The molecule has 1 aromatic rings. The Morgan fingerprint density at radius 1 is 1.08 bits per heavy atom. The first-order valence-corrected chi connectivity index (χ1v) is 8.18. The van der Waals surface area contributed by atoms with Gasteiger partial charge in [0.2, 0.25) is 0 Å². The molecule has 136 valence electrons. The van der Waals surface area contributed by atoms with Crippen molar-refractivity contribution in [1.82, 2.24) is 5.32 Å². The lowest BCUT2D eigenvalue weighted by Crippen LogP contribution is -2.31. The summed E-state index contributed by atoms with van der Waals surface area (Å²) in [5, 5.41) is 6.46. The van der Waals surface area contributed by atoms with Crippen molar-refractivity contribution in [2.75, 3.05) is 59.1 Å². The second-order valence-electron chi connectivity index (χ2n) is 4.79. The van der Waals surface area contributed by atoms with Crippen molar-refractivity contribution in [2.45, 2.75) is 13.8 Å². The number of guanidine groups is 1. The summed E-state index contributed by atoms with van der Waals surface area (Å²) < 4.78 is 21.2. The van der Waals surface area contributed by atoms with Gasteiger partial charge in [-0.2, -0.15) is 0 Å². The minimum absolute atomic E-state index is 0.548. The smallest absolute Gasteiger partial charge is 0.195 e. The van der Waals surface area contributed by atoms with Crippen LogP contribution >= 0.6 is 0 Å². The first-order chi connectivity index (χ1) is 11.7. The van der Waals surface area contributed by atoms with E-state index in [-0.39, 0.29) is 0 Å². The van der Waals surface area contributed by atoms with Crippen molar-refractivity contribution >= 4 is 11.6 Å². The lowest BCUT2D eigenvalue weighted by Gasteiger charge is -2.14. The van der Waals surface area contributed by atoms with Gasteiger partial charge in [-0.05, 0) is 26.0 Å². The van der Waals surface area contributed by atoms with Gasteiger partial charge in [0.1, 0.15) is 0 Å². The number of hydrogen-bond donors (Lipinski definition) is 2. The Balaban J connectivity index is 2.64. The van der Waals surface area contributed by atoms with E-state index in [1.807, 2.05) is 32.0 Å². The average molecular weight is 339 g/mol. The van der Waals surface area contributed by atoms with Gasteiger partial charge in [-0.25, -0.2) is 0 Å². The number of methoxy groups -OCH3 is 2. The highest BCUT2D eigenvalue weighted by molar-refractivity contribution is 5.93. The topological polar surface area (TPSA) is 73.3 Å². The summed E-state index contributed by atoms with van der Waals surface area (Å²) in [6.45, 7) is 7.58. The van der Waals surface area contributed by atoms with E-state index in [1.165, 1.54) is 0 Å². The molecule has 0 saturated heterocycles. The van der Waals surface area contributed by atoms with Crippen molar-refractivity contribution in [3.8, 4) is 11.5 Å². The van der Waals surface area contributed by atoms with E-state index in [9.17, 15) is 0 Å². The van der Waals surface area contributed by atoms with Crippen LogP contribution in [0.3, 0.4) is 0 Å². The molecule has 1 rings (SSSR count). The highest BCUT2D eigenvalue weighted by Gasteiger charge is 2.06. The maximum Gasteiger partial charge on any atom is 0.195 e. The van der Waals surface area contributed by atoms with Gasteiger partial charge in [0.05, 0.1) is 40.1 Å². The third kappa shape index (κ3) is 7.52. The fourth-order valence-electron chi connectivity index (χ4n) is 1.93. The molecule has 0 radical (unpaired) electrons. The second-order valence-corrected chi connectivity index (χ2v) is 4.79. The quantitative estimate of drug-likeness (QED) is 0.366. The molecule has 0 heterocycles.